The molecule has 7 heteroatoms. The fourth-order valence-electron chi connectivity index (χ4n) is 3.57. The van der Waals surface area contributed by atoms with Gasteiger partial charge in [0.25, 0.3) is 0 Å². The van der Waals surface area contributed by atoms with Crippen molar-refractivity contribution in [3.05, 3.63) is 18.0 Å². The minimum Gasteiger partial charge on any atom is -0.344 e. The summed E-state index contributed by atoms with van der Waals surface area (Å²) in [5.74, 6) is 0.0933. The van der Waals surface area contributed by atoms with Gasteiger partial charge in [-0.15, -0.1) is 0 Å². The van der Waals surface area contributed by atoms with Crippen LogP contribution in [0.3, 0.4) is 0 Å². The summed E-state index contributed by atoms with van der Waals surface area (Å²) in [6, 6.07) is -0.332. The summed E-state index contributed by atoms with van der Waals surface area (Å²) in [6.45, 7) is 10.4. The number of carbonyl (C=O) groups is 2. The molecule has 1 atom stereocenters. The van der Waals surface area contributed by atoms with Crippen LogP contribution in [0.4, 0.5) is 0 Å². The normalized spacial score (nSPS) is 22.8. The maximum atomic E-state index is 12.7. The number of hydrogen-bond donors (Lipinski definition) is 1. The topological polar surface area (TPSA) is 70.5 Å². The van der Waals surface area contributed by atoms with Crippen LogP contribution in [0, 0.1) is 0 Å². The molecule has 0 bridgehead atoms. The predicted molar refractivity (Wildman–Crippen MR) is 99.5 cm³/mol. The SMILES string of the molecule is CC(C)(C)n1cc(CN2CCN(C(=O)C3CCCCC(=O)N3)CC2)cn1. The van der Waals surface area contributed by atoms with Crippen LogP contribution in [0.1, 0.15) is 52.0 Å². The number of piperazine rings is 1. The quantitative estimate of drug-likeness (QED) is 0.882. The molecule has 144 valence electrons. The third-order valence-corrected chi connectivity index (χ3v) is 5.19. The van der Waals surface area contributed by atoms with E-state index in [2.05, 4.69) is 42.3 Å². The third-order valence-electron chi connectivity index (χ3n) is 5.19. The first-order valence-corrected chi connectivity index (χ1v) is 9.67. The second kappa shape index (κ2) is 7.78. The first-order valence-electron chi connectivity index (χ1n) is 9.67. The van der Waals surface area contributed by atoms with Crippen LogP contribution in [0.15, 0.2) is 12.4 Å². The molecule has 2 aliphatic heterocycles. The number of amides is 2. The van der Waals surface area contributed by atoms with Crippen molar-refractivity contribution >= 4 is 11.8 Å². The molecule has 1 aromatic heterocycles. The lowest BCUT2D eigenvalue weighted by molar-refractivity contribution is -0.137. The minimum absolute atomic E-state index is 0.00743. The van der Waals surface area contributed by atoms with Crippen LogP contribution >= 0.6 is 0 Å². The zero-order chi connectivity index (χ0) is 18.7. The van der Waals surface area contributed by atoms with Crippen molar-refractivity contribution in [1.29, 1.82) is 0 Å². The molecule has 1 unspecified atom stereocenters. The number of rotatable bonds is 3. The number of nitrogens with zero attached hydrogens (tertiary/aromatic N) is 4. The molecule has 3 rings (SSSR count). The molecule has 2 fully saturated rings. The van der Waals surface area contributed by atoms with E-state index in [1.54, 1.807) is 0 Å². The molecular formula is C19H31N5O2. The molecule has 2 aliphatic rings. The zero-order valence-electron chi connectivity index (χ0n) is 16.2. The van der Waals surface area contributed by atoms with Crippen molar-refractivity contribution in [3.63, 3.8) is 0 Å². The maximum Gasteiger partial charge on any atom is 0.245 e. The largest absolute Gasteiger partial charge is 0.344 e. The molecule has 2 saturated heterocycles. The molecule has 26 heavy (non-hydrogen) atoms. The summed E-state index contributed by atoms with van der Waals surface area (Å²) in [4.78, 5) is 28.7. The summed E-state index contributed by atoms with van der Waals surface area (Å²) in [6.07, 6.45) is 7.16. The molecule has 7 nitrogen and oxygen atoms in total. The number of aromatic nitrogens is 2. The van der Waals surface area contributed by atoms with Gasteiger partial charge < -0.3 is 10.2 Å². The molecule has 2 amide bonds. The molecule has 0 saturated carbocycles. The van der Waals surface area contributed by atoms with Crippen LogP contribution in [0.5, 0.6) is 0 Å². The van der Waals surface area contributed by atoms with Crippen molar-refractivity contribution in [1.82, 2.24) is 24.9 Å². The highest BCUT2D eigenvalue weighted by molar-refractivity contribution is 5.88. The lowest BCUT2D eigenvalue weighted by Gasteiger charge is -2.36. The van der Waals surface area contributed by atoms with E-state index in [-0.39, 0.29) is 23.4 Å². The Morgan fingerprint density at radius 1 is 1.23 bits per heavy atom. The first kappa shape index (κ1) is 18.9. The Labute approximate surface area is 155 Å². The van der Waals surface area contributed by atoms with Gasteiger partial charge in [0.05, 0.1) is 11.7 Å². The highest BCUT2D eigenvalue weighted by Crippen LogP contribution is 2.16. The summed E-state index contributed by atoms with van der Waals surface area (Å²) < 4.78 is 2.00. The van der Waals surface area contributed by atoms with Gasteiger partial charge in [0.1, 0.15) is 6.04 Å². The van der Waals surface area contributed by atoms with Crippen molar-refractivity contribution in [2.24, 2.45) is 0 Å². The Bertz CT molecular complexity index is 641. The van der Waals surface area contributed by atoms with Crippen molar-refractivity contribution in [2.75, 3.05) is 26.2 Å². The van der Waals surface area contributed by atoms with Gasteiger partial charge in [-0.2, -0.15) is 5.10 Å². The molecule has 1 aromatic rings. The Balaban J connectivity index is 1.50. The van der Waals surface area contributed by atoms with E-state index in [9.17, 15) is 9.59 Å². The number of carbonyl (C=O) groups excluding carboxylic acids is 2. The van der Waals surface area contributed by atoms with Crippen LogP contribution in [0.2, 0.25) is 0 Å². The highest BCUT2D eigenvalue weighted by atomic mass is 16.2. The Morgan fingerprint density at radius 3 is 2.62 bits per heavy atom. The van der Waals surface area contributed by atoms with Crippen molar-refractivity contribution in [3.8, 4) is 0 Å². The summed E-state index contributed by atoms with van der Waals surface area (Å²) in [5, 5.41) is 7.35. The van der Waals surface area contributed by atoms with Gasteiger partial charge >= 0.3 is 0 Å². The van der Waals surface area contributed by atoms with E-state index in [0.29, 0.717) is 6.42 Å². The van der Waals surface area contributed by atoms with Crippen LogP contribution in [-0.4, -0.2) is 63.6 Å². The molecule has 0 aromatic carbocycles. The Kier molecular flexibility index (Phi) is 5.65. The summed E-state index contributed by atoms with van der Waals surface area (Å²) in [5.41, 5.74) is 1.20. The lowest BCUT2D eigenvalue weighted by atomic mass is 10.1. The van der Waals surface area contributed by atoms with E-state index in [1.165, 1.54) is 5.56 Å². The van der Waals surface area contributed by atoms with Gasteiger partial charge in [0.2, 0.25) is 11.8 Å². The maximum absolute atomic E-state index is 12.7. The summed E-state index contributed by atoms with van der Waals surface area (Å²) in [7, 11) is 0. The van der Waals surface area contributed by atoms with Crippen LogP contribution in [-0.2, 0) is 21.7 Å². The van der Waals surface area contributed by atoms with E-state index in [1.807, 2.05) is 15.8 Å². The molecule has 0 aliphatic carbocycles. The molecular weight excluding hydrogens is 330 g/mol. The van der Waals surface area contributed by atoms with E-state index in [0.717, 1.165) is 52.0 Å². The van der Waals surface area contributed by atoms with Crippen molar-refractivity contribution in [2.45, 2.75) is 64.6 Å². The average Bonchev–Trinajstić information content (AvgIpc) is 2.96. The van der Waals surface area contributed by atoms with Gasteiger partial charge in [-0.05, 0) is 33.6 Å². The Hall–Kier alpha value is -1.89. The Morgan fingerprint density at radius 2 is 1.96 bits per heavy atom. The van der Waals surface area contributed by atoms with Crippen LogP contribution in [0.25, 0.3) is 0 Å². The van der Waals surface area contributed by atoms with E-state index < -0.39 is 0 Å². The minimum atomic E-state index is -0.332. The molecule has 1 N–H and O–H groups in total. The third kappa shape index (κ3) is 4.63. The molecule has 0 spiro atoms. The number of nitrogens with one attached hydrogen (secondary N) is 1. The predicted octanol–water partition coefficient (Wildman–Crippen LogP) is 1.34. The molecule has 3 heterocycles. The zero-order valence-corrected chi connectivity index (χ0v) is 16.2. The molecule has 0 radical (unpaired) electrons. The lowest BCUT2D eigenvalue weighted by Crippen LogP contribution is -2.54. The van der Waals surface area contributed by atoms with Crippen molar-refractivity contribution < 1.29 is 9.59 Å². The van der Waals surface area contributed by atoms with E-state index in [4.69, 9.17) is 0 Å². The summed E-state index contributed by atoms with van der Waals surface area (Å²) >= 11 is 0. The van der Waals surface area contributed by atoms with E-state index >= 15 is 0 Å². The second-order valence-corrected chi connectivity index (χ2v) is 8.43. The second-order valence-electron chi connectivity index (χ2n) is 8.43. The average molecular weight is 361 g/mol. The smallest absolute Gasteiger partial charge is 0.245 e. The van der Waals surface area contributed by atoms with Gasteiger partial charge in [-0.25, -0.2) is 0 Å². The fourth-order valence-corrected chi connectivity index (χ4v) is 3.57. The monoisotopic (exact) mass is 361 g/mol. The van der Waals surface area contributed by atoms with Gasteiger partial charge in [-0.1, -0.05) is 6.42 Å². The van der Waals surface area contributed by atoms with Gasteiger partial charge in [0, 0.05) is 50.9 Å². The van der Waals surface area contributed by atoms with Gasteiger partial charge in [-0.3, -0.25) is 19.2 Å². The highest BCUT2D eigenvalue weighted by Gasteiger charge is 2.29. The van der Waals surface area contributed by atoms with Crippen LogP contribution < -0.4 is 5.32 Å². The van der Waals surface area contributed by atoms with Gasteiger partial charge in [0.15, 0.2) is 0 Å². The first-order chi connectivity index (χ1) is 12.3. The fraction of sp³-hybridized carbons (Fsp3) is 0.737. The standard InChI is InChI=1S/C19H31N5O2/c1-19(2,3)24-14-15(12-20-24)13-22-8-10-23(11-9-22)18(26)16-6-4-5-7-17(25)21-16/h12,14,16H,4-11,13H2,1-3H3,(H,21,25). The number of hydrogen-bond acceptors (Lipinski definition) is 4.